The molecule has 0 unspecified atom stereocenters. The zero-order chi connectivity index (χ0) is 18.5. The number of benzene rings is 1. The number of carbonyl (C=O) groups is 2. The van der Waals surface area contributed by atoms with Crippen molar-refractivity contribution in [3.63, 3.8) is 0 Å². The first-order chi connectivity index (χ1) is 12.6. The van der Waals surface area contributed by atoms with Crippen molar-refractivity contribution in [1.82, 2.24) is 14.9 Å². The number of aromatic nitrogens is 2. The summed E-state index contributed by atoms with van der Waals surface area (Å²) < 4.78 is 0. The van der Waals surface area contributed by atoms with E-state index in [1.54, 1.807) is 17.3 Å². The molecule has 0 saturated carbocycles. The lowest BCUT2D eigenvalue weighted by molar-refractivity contribution is -0.118. The summed E-state index contributed by atoms with van der Waals surface area (Å²) in [6.07, 6.45) is 3.95. The molecule has 1 aliphatic heterocycles. The molecule has 1 aromatic heterocycles. The normalized spacial score (nSPS) is 14.4. The highest BCUT2D eigenvalue weighted by Gasteiger charge is 2.18. The minimum atomic E-state index is -0.226. The quantitative estimate of drug-likeness (QED) is 0.833. The Labute approximate surface area is 153 Å². The van der Waals surface area contributed by atoms with Crippen LogP contribution in [0.2, 0.25) is 0 Å². The fraction of sp³-hybridized carbons (Fsp3) is 0.368. The Bertz CT molecular complexity index is 768. The summed E-state index contributed by atoms with van der Waals surface area (Å²) in [6, 6.07) is 7.78. The summed E-state index contributed by atoms with van der Waals surface area (Å²) in [4.78, 5) is 35.7. The van der Waals surface area contributed by atoms with Gasteiger partial charge in [-0.2, -0.15) is 0 Å². The van der Waals surface area contributed by atoms with E-state index in [2.05, 4.69) is 29.1 Å². The number of rotatable bonds is 5. The monoisotopic (exact) mass is 353 g/mol. The standard InChI is InChI=1S/C19H23N5O2/c1-14(2)16-5-3-4-6-17(16)22-18(26)15-11-20-19(21-12-15)24-9-7-23(13-25)8-10-24/h3-6,11-14H,7-10H2,1-2H3,(H,22,26). The van der Waals surface area contributed by atoms with E-state index in [-0.39, 0.29) is 5.91 Å². The molecule has 0 atom stereocenters. The van der Waals surface area contributed by atoms with Crippen LogP contribution in [0.3, 0.4) is 0 Å². The molecule has 1 aliphatic rings. The van der Waals surface area contributed by atoms with Gasteiger partial charge in [-0.15, -0.1) is 0 Å². The Kier molecular flexibility index (Phi) is 5.46. The number of nitrogens with zero attached hydrogens (tertiary/aromatic N) is 4. The summed E-state index contributed by atoms with van der Waals surface area (Å²) in [5.41, 5.74) is 2.31. The van der Waals surface area contributed by atoms with Gasteiger partial charge in [-0.25, -0.2) is 9.97 Å². The van der Waals surface area contributed by atoms with Gasteiger partial charge >= 0.3 is 0 Å². The first-order valence-electron chi connectivity index (χ1n) is 8.75. The van der Waals surface area contributed by atoms with Crippen molar-refractivity contribution in [3.8, 4) is 0 Å². The highest BCUT2D eigenvalue weighted by atomic mass is 16.1. The number of amides is 2. The molecule has 0 radical (unpaired) electrons. The SMILES string of the molecule is CC(C)c1ccccc1NC(=O)c1cnc(N2CCN(C=O)CC2)nc1. The molecule has 1 aromatic carbocycles. The number of hydrogen-bond donors (Lipinski definition) is 1. The van der Waals surface area contributed by atoms with Crippen LogP contribution in [0.25, 0.3) is 0 Å². The van der Waals surface area contributed by atoms with Crippen molar-refractivity contribution in [3.05, 3.63) is 47.8 Å². The lowest BCUT2D eigenvalue weighted by atomic mass is 10.0. The van der Waals surface area contributed by atoms with E-state index in [0.29, 0.717) is 43.6 Å². The molecule has 1 saturated heterocycles. The number of carbonyl (C=O) groups excluding carboxylic acids is 2. The van der Waals surface area contributed by atoms with Gasteiger partial charge in [-0.1, -0.05) is 32.0 Å². The van der Waals surface area contributed by atoms with E-state index in [4.69, 9.17) is 0 Å². The van der Waals surface area contributed by atoms with Crippen molar-refractivity contribution in [1.29, 1.82) is 0 Å². The third-order valence-electron chi connectivity index (χ3n) is 4.48. The smallest absolute Gasteiger partial charge is 0.258 e. The van der Waals surface area contributed by atoms with Crippen LogP contribution in [-0.4, -0.2) is 53.4 Å². The molecule has 0 aliphatic carbocycles. The molecule has 136 valence electrons. The fourth-order valence-corrected chi connectivity index (χ4v) is 2.94. The summed E-state index contributed by atoms with van der Waals surface area (Å²) in [5, 5.41) is 2.94. The maximum absolute atomic E-state index is 12.5. The lowest BCUT2D eigenvalue weighted by Gasteiger charge is -2.32. The minimum absolute atomic E-state index is 0.226. The van der Waals surface area contributed by atoms with E-state index in [1.807, 2.05) is 29.2 Å². The number of piperazine rings is 1. The molecular formula is C19H23N5O2. The maximum atomic E-state index is 12.5. The molecule has 1 fully saturated rings. The Morgan fingerprint density at radius 3 is 2.38 bits per heavy atom. The van der Waals surface area contributed by atoms with E-state index < -0.39 is 0 Å². The lowest BCUT2D eigenvalue weighted by Crippen LogP contribution is -2.46. The number of para-hydroxylation sites is 1. The molecular weight excluding hydrogens is 330 g/mol. The summed E-state index contributed by atoms with van der Waals surface area (Å²) in [6.45, 7) is 6.86. The second kappa shape index (κ2) is 7.95. The van der Waals surface area contributed by atoms with Crippen LogP contribution in [-0.2, 0) is 4.79 Å². The zero-order valence-electron chi connectivity index (χ0n) is 15.1. The van der Waals surface area contributed by atoms with Gasteiger partial charge < -0.3 is 15.1 Å². The predicted octanol–water partition coefficient (Wildman–Crippen LogP) is 2.13. The van der Waals surface area contributed by atoms with Gasteiger partial charge in [0.25, 0.3) is 5.91 Å². The third kappa shape index (κ3) is 3.99. The molecule has 1 N–H and O–H groups in total. The van der Waals surface area contributed by atoms with E-state index in [1.165, 1.54) is 0 Å². The molecule has 3 rings (SSSR count). The van der Waals surface area contributed by atoms with Crippen LogP contribution in [0.4, 0.5) is 11.6 Å². The molecule has 7 heteroatoms. The van der Waals surface area contributed by atoms with Gasteiger partial charge in [0.1, 0.15) is 0 Å². The van der Waals surface area contributed by atoms with Gasteiger partial charge in [0.05, 0.1) is 5.56 Å². The number of hydrogen-bond acceptors (Lipinski definition) is 5. The van der Waals surface area contributed by atoms with Gasteiger partial charge in [-0.3, -0.25) is 9.59 Å². The zero-order valence-corrected chi connectivity index (χ0v) is 15.1. The van der Waals surface area contributed by atoms with Crippen molar-refractivity contribution in [2.24, 2.45) is 0 Å². The number of anilines is 2. The highest BCUT2D eigenvalue weighted by Crippen LogP contribution is 2.24. The number of nitrogens with one attached hydrogen (secondary N) is 1. The Balaban J connectivity index is 1.67. The Hall–Kier alpha value is -2.96. The average molecular weight is 353 g/mol. The summed E-state index contributed by atoms with van der Waals surface area (Å²) in [7, 11) is 0. The second-order valence-corrected chi connectivity index (χ2v) is 6.60. The largest absolute Gasteiger partial charge is 0.342 e. The molecule has 26 heavy (non-hydrogen) atoms. The van der Waals surface area contributed by atoms with Crippen LogP contribution >= 0.6 is 0 Å². The summed E-state index contributed by atoms with van der Waals surface area (Å²) >= 11 is 0. The van der Waals surface area contributed by atoms with Crippen molar-refractivity contribution in [2.75, 3.05) is 36.4 Å². The van der Waals surface area contributed by atoms with Gasteiger partial charge in [0.15, 0.2) is 0 Å². The molecule has 0 spiro atoms. The summed E-state index contributed by atoms with van der Waals surface area (Å²) in [5.74, 6) is 0.667. The van der Waals surface area contributed by atoms with E-state index in [0.717, 1.165) is 17.7 Å². The first kappa shape index (κ1) is 17.8. The third-order valence-corrected chi connectivity index (χ3v) is 4.48. The Morgan fingerprint density at radius 1 is 1.12 bits per heavy atom. The van der Waals surface area contributed by atoms with Crippen molar-refractivity contribution >= 4 is 24.0 Å². The van der Waals surface area contributed by atoms with Crippen LogP contribution in [0, 0.1) is 0 Å². The molecule has 0 bridgehead atoms. The van der Waals surface area contributed by atoms with Crippen LogP contribution < -0.4 is 10.2 Å². The molecule has 2 amide bonds. The first-order valence-corrected chi connectivity index (χ1v) is 8.75. The van der Waals surface area contributed by atoms with E-state index in [9.17, 15) is 9.59 Å². The average Bonchev–Trinajstić information content (AvgIpc) is 2.68. The van der Waals surface area contributed by atoms with Crippen molar-refractivity contribution < 1.29 is 9.59 Å². The van der Waals surface area contributed by atoms with Crippen LogP contribution in [0.1, 0.15) is 35.7 Å². The minimum Gasteiger partial charge on any atom is -0.342 e. The predicted molar refractivity (Wildman–Crippen MR) is 100 cm³/mol. The molecule has 2 aromatic rings. The highest BCUT2D eigenvalue weighted by molar-refractivity contribution is 6.04. The van der Waals surface area contributed by atoms with Gasteiger partial charge in [-0.05, 0) is 17.5 Å². The topological polar surface area (TPSA) is 78.4 Å². The molecule has 7 nitrogen and oxygen atoms in total. The molecule has 2 heterocycles. The van der Waals surface area contributed by atoms with Crippen LogP contribution in [0.15, 0.2) is 36.7 Å². The van der Waals surface area contributed by atoms with E-state index >= 15 is 0 Å². The maximum Gasteiger partial charge on any atom is 0.258 e. The second-order valence-electron chi connectivity index (χ2n) is 6.60. The fourth-order valence-electron chi connectivity index (χ4n) is 2.94. The van der Waals surface area contributed by atoms with Crippen LogP contribution in [0.5, 0.6) is 0 Å². The van der Waals surface area contributed by atoms with Gasteiger partial charge in [0, 0.05) is 44.3 Å². The van der Waals surface area contributed by atoms with Gasteiger partial charge in [0.2, 0.25) is 12.4 Å². The van der Waals surface area contributed by atoms with Crippen molar-refractivity contribution in [2.45, 2.75) is 19.8 Å². The Morgan fingerprint density at radius 2 is 1.77 bits per heavy atom.